The predicted octanol–water partition coefficient (Wildman–Crippen LogP) is 1.92. The van der Waals surface area contributed by atoms with Crippen molar-refractivity contribution in [1.29, 1.82) is 0 Å². The molecule has 0 radical (unpaired) electrons. The van der Waals surface area contributed by atoms with E-state index in [1.165, 1.54) is 6.42 Å². The van der Waals surface area contributed by atoms with Crippen molar-refractivity contribution >= 4 is 12.0 Å². The van der Waals surface area contributed by atoms with E-state index in [1.807, 2.05) is 37.4 Å². The Labute approximate surface area is 120 Å². The van der Waals surface area contributed by atoms with Crippen molar-refractivity contribution in [2.45, 2.75) is 18.9 Å². The van der Waals surface area contributed by atoms with Crippen LogP contribution >= 0.6 is 0 Å². The lowest BCUT2D eigenvalue weighted by Gasteiger charge is -2.19. The molecule has 1 fully saturated rings. The minimum atomic E-state index is 0.0366. The van der Waals surface area contributed by atoms with Gasteiger partial charge in [-0.3, -0.25) is 4.79 Å². The number of ether oxygens (including phenoxy) is 1. The highest BCUT2D eigenvalue weighted by Gasteiger charge is 2.17. The maximum atomic E-state index is 12.0. The van der Waals surface area contributed by atoms with Crippen LogP contribution in [0.1, 0.15) is 18.4 Å². The third-order valence-electron chi connectivity index (χ3n) is 3.57. The number of amides is 1. The van der Waals surface area contributed by atoms with Gasteiger partial charge in [-0.2, -0.15) is 0 Å². The molecule has 0 saturated carbocycles. The van der Waals surface area contributed by atoms with Crippen LogP contribution in [-0.4, -0.2) is 44.1 Å². The van der Waals surface area contributed by atoms with Crippen molar-refractivity contribution in [3.05, 3.63) is 35.9 Å². The summed E-state index contributed by atoms with van der Waals surface area (Å²) in [6.45, 7) is 1.83. The smallest absolute Gasteiger partial charge is 0.246 e. The van der Waals surface area contributed by atoms with Gasteiger partial charge in [0.25, 0.3) is 0 Å². The second kappa shape index (κ2) is 7.10. The van der Waals surface area contributed by atoms with Crippen LogP contribution < -0.4 is 10.1 Å². The molecule has 20 heavy (non-hydrogen) atoms. The quantitative estimate of drug-likeness (QED) is 0.834. The normalized spacial score (nSPS) is 18.4. The molecule has 1 aliphatic rings. The lowest BCUT2D eigenvalue weighted by atomic mass is 10.2. The fraction of sp³-hybridized carbons (Fsp3) is 0.438. The molecule has 1 heterocycles. The fourth-order valence-corrected chi connectivity index (χ4v) is 2.34. The van der Waals surface area contributed by atoms with Gasteiger partial charge in [-0.25, -0.2) is 0 Å². The highest BCUT2D eigenvalue weighted by molar-refractivity contribution is 5.91. The van der Waals surface area contributed by atoms with Crippen molar-refractivity contribution in [2.24, 2.45) is 0 Å². The molecular formula is C16H22N2O2. The third-order valence-corrected chi connectivity index (χ3v) is 3.57. The Balaban J connectivity index is 1.86. The summed E-state index contributed by atoms with van der Waals surface area (Å²) in [6, 6.07) is 8.08. The van der Waals surface area contributed by atoms with E-state index in [0.29, 0.717) is 6.04 Å². The molecule has 1 unspecified atom stereocenters. The number of hydrogen-bond acceptors (Lipinski definition) is 3. The molecule has 1 N–H and O–H groups in total. The van der Waals surface area contributed by atoms with Gasteiger partial charge in [-0.15, -0.1) is 0 Å². The Morgan fingerprint density at radius 1 is 1.45 bits per heavy atom. The highest BCUT2D eigenvalue weighted by atomic mass is 16.5. The molecule has 0 spiro atoms. The maximum absolute atomic E-state index is 12.0. The molecule has 1 amide bonds. The first-order chi connectivity index (χ1) is 9.69. The molecule has 4 heteroatoms. The Morgan fingerprint density at radius 3 is 2.80 bits per heavy atom. The molecule has 1 aliphatic heterocycles. The molecule has 1 saturated heterocycles. The van der Waals surface area contributed by atoms with E-state index in [-0.39, 0.29) is 5.91 Å². The molecule has 0 bridgehead atoms. The summed E-state index contributed by atoms with van der Waals surface area (Å²) in [5.74, 6) is 0.854. The van der Waals surface area contributed by atoms with Gasteiger partial charge in [0.2, 0.25) is 5.91 Å². The Kier molecular flexibility index (Phi) is 5.18. The number of carbonyl (C=O) groups excluding carboxylic acids is 1. The van der Waals surface area contributed by atoms with Gasteiger partial charge in [-0.1, -0.05) is 12.1 Å². The van der Waals surface area contributed by atoms with Crippen LogP contribution in [0.15, 0.2) is 30.3 Å². The van der Waals surface area contributed by atoms with Gasteiger partial charge in [-0.05, 0) is 43.2 Å². The predicted molar refractivity (Wildman–Crippen MR) is 80.7 cm³/mol. The van der Waals surface area contributed by atoms with E-state index in [0.717, 1.165) is 30.8 Å². The van der Waals surface area contributed by atoms with E-state index in [9.17, 15) is 4.79 Å². The zero-order valence-corrected chi connectivity index (χ0v) is 12.1. The highest BCUT2D eigenvalue weighted by Crippen LogP contribution is 2.12. The SMILES string of the molecule is COc1ccc(/C=C/C(=O)N(C)CC2CCCN2)cc1. The van der Waals surface area contributed by atoms with E-state index in [4.69, 9.17) is 4.74 Å². The molecule has 0 aromatic heterocycles. The summed E-state index contributed by atoms with van der Waals surface area (Å²) >= 11 is 0. The number of likely N-dealkylation sites (N-methyl/N-ethyl adjacent to an activating group) is 1. The topological polar surface area (TPSA) is 41.6 Å². The first-order valence-corrected chi connectivity index (χ1v) is 6.99. The minimum absolute atomic E-state index is 0.0366. The van der Waals surface area contributed by atoms with Crippen molar-refractivity contribution in [3.8, 4) is 5.75 Å². The summed E-state index contributed by atoms with van der Waals surface area (Å²) in [5.41, 5.74) is 0.992. The van der Waals surface area contributed by atoms with Gasteiger partial charge >= 0.3 is 0 Å². The number of nitrogens with zero attached hydrogens (tertiary/aromatic N) is 1. The monoisotopic (exact) mass is 274 g/mol. The number of methoxy groups -OCH3 is 1. The molecular weight excluding hydrogens is 252 g/mol. The number of rotatable bonds is 5. The first-order valence-electron chi connectivity index (χ1n) is 6.99. The second-order valence-corrected chi connectivity index (χ2v) is 5.12. The van der Waals surface area contributed by atoms with Crippen LogP contribution in [0, 0.1) is 0 Å². The van der Waals surface area contributed by atoms with Crippen LogP contribution in [0.25, 0.3) is 6.08 Å². The average molecular weight is 274 g/mol. The standard InChI is InChI=1S/C16H22N2O2/c1-18(12-14-4-3-11-17-14)16(19)10-7-13-5-8-15(20-2)9-6-13/h5-10,14,17H,3-4,11-12H2,1-2H3/b10-7+. The van der Waals surface area contributed by atoms with E-state index >= 15 is 0 Å². The molecule has 1 atom stereocenters. The summed E-state index contributed by atoms with van der Waals surface area (Å²) in [6.07, 6.45) is 5.81. The Morgan fingerprint density at radius 2 is 2.20 bits per heavy atom. The van der Waals surface area contributed by atoms with Gasteiger partial charge in [0, 0.05) is 25.7 Å². The number of benzene rings is 1. The second-order valence-electron chi connectivity index (χ2n) is 5.12. The number of nitrogens with one attached hydrogen (secondary N) is 1. The lowest BCUT2D eigenvalue weighted by molar-refractivity contribution is -0.125. The molecule has 0 aliphatic carbocycles. The maximum Gasteiger partial charge on any atom is 0.246 e. The van der Waals surface area contributed by atoms with Crippen LogP contribution in [-0.2, 0) is 4.79 Å². The zero-order valence-electron chi connectivity index (χ0n) is 12.1. The largest absolute Gasteiger partial charge is 0.497 e. The number of carbonyl (C=O) groups is 1. The van der Waals surface area contributed by atoms with Crippen LogP contribution in [0.5, 0.6) is 5.75 Å². The fourth-order valence-electron chi connectivity index (χ4n) is 2.34. The molecule has 1 aromatic rings. The van der Waals surface area contributed by atoms with Crippen LogP contribution in [0.4, 0.5) is 0 Å². The molecule has 1 aromatic carbocycles. The molecule has 2 rings (SSSR count). The summed E-state index contributed by atoms with van der Waals surface area (Å²) in [4.78, 5) is 13.8. The minimum Gasteiger partial charge on any atom is -0.497 e. The summed E-state index contributed by atoms with van der Waals surface area (Å²) in [7, 11) is 3.49. The molecule has 4 nitrogen and oxygen atoms in total. The Bertz CT molecular complexity index is 462. The van der Waals surface area contributed by atoms with Crippen molar-refractivity contribution in [3.63, 3.8) is 0 Å². The zero-order chi connectivity index (χ0) is 14.4. The van der Waals surface area contributed by atoms with Crippen molar-refractivity contribution in [1.82, 2.24) is 10.2 Å². The Hall–Kier alpha value is -1.81. The summed E-state index contributed by atoms with van der Waals surface area (Å²) < 4.78 is 5.10. The van der Waals surface area contributed by atoms with Crippen molar-refractivity contribution < 1.29 is 9.53 Å². The van der Waals surface area contributed by atoms with E-state index in [2.05, 4.69) is 5.32 Å². The van der Waals surface area contributed by atoms with E-state index in [1.54, 1.807) is 18.1 Å². The van der Waals surface area contributed by atoms with Gasteiger partial charge < -0.3 is 15.0 Å². The van der Waals surface area contributed by atoms with Crippen LogP contribution in [0.3, 0.4) is 0 Å². The van der Waals surface area contributed by atoms with Crippen LogP contribution in [0.2, 0.25) is 0 Å². The average Bonchev–Trinajstić information content (AvgIpc) is 2.98. The molecule has 108 valence electrons. The number of hydrogen-bond donors (Lipinski definition) is 1. The van der Waals surface area contributed by atoms with Gasteiger partial charge in [0.05, 0.1) is 7.11 Å². The van der Waals surface area contributed by atoms with Gasteiger partial charge in [0.1, 0.15) is 5.75 Å². The third kappa shape index (κ3) is 4.10. The lowest BCUT2D eigenvalue weighted by Crippen LogP contribution is -2.37. The van der Waals surface area contributed by atoms with Gasteiger partial charge in [0.15, 0.2) is 0 Å². The van der Waals surface area contributed by atoms with Crippen molar-refractivity contribution in [2.75, 3.05) is 27.2 Å². The summed E-state index contributed by atoms with van der Waals surface area (Å²) in [5, 5.41) is 3.40. The first kappa shape index (κ1) is 14.6. The van der Waals surface area contributed by atoms with E-state index < -0.39 is 0 Å².